The van der Waals surface area contributed by atoms with E-state index in [-0.39, 0.29) is 5.56 Å². The number of halogens is 1. The maximum atomic E-state index is 13.9. The number of hydrogen-bond acceptors (Lipinski definition) is 1. The molecule has 0 radical (unpaired) electrons. The Labute approximate surface area is 112 Å². The molecule has 0 aliphatic heterocycles. The van der Waals surface area contributed by atoms with Gasteiger partial charge in [0.05, 0.1) is 5.56 Å². The fraction of sp³-hybridized carbons (Fsp3) is 0.188. The summed E-state index contributed by atoms with van der Waals surface area (Å²) in [6.07, 6.45) is 0. The van der Waals surface area contributed by atoms with Crippen molar-refractivity contribution < 1.29 is 9.18 Å². The molecule has 0 saturated heterocycles. The third-order valence-electron chi connectivity index (χ3n) is 3.08. The van der Waals surface area contributed by atoms with Crippen LogP contribution in [0.1, 0.15) is 27.0 Å². The highest BCUT2D eigenvalue weighted by Gasteiger charge is 2.14. The lowest BCUT2D eigenvalue weighted by Gasteiger charge is -2.10. The van der Waals surface area contributed by atoms with Crippen LogP contribution < -0.4 is 5.32 Å². The van der Waals surface area contributed by atoms with E-state index in [0.29, 0.717) is 11.3 Å². The summed E-state index contributed by atoms with van der Waals surface area (Å²) in [5, 5.41) is 2.76. The molecule has 0 aromatic heterocycles. The van der Waals surface area contributed by atoms with Gasteiger partial charge in [-0.25, -0.2) is 4.39 Å². The average molecular weight is 257 g/mol. The molecular formula is C16H16FNO. The normalized spacial score (nSPS) is 10.3. The monoisotopic (exact) mass is 257 g/mol. The summed E-state index contributed by atoms with van der Waals surface area (Å²) < 4.78 is 13.9. The maximum Gasteiger partial charge on any atom is 0.258 e. The molecule has 3 heteroatoms. The molecule has 1 amide bonds. The number of rotatable bonds is 2. The van der Waals surface area contributed by atoms with Crippen LogP contribution in [0.4, 0.5) is 10.1 Å². The van der Waals surface area contributed by atoms with Gasteiger partial charge in [0.1, 0.15) is 5.82 Å². The van der Waals surface area contributed by atoms with Gasteiger partial charge in [0.25, 0.3) is 5.91 Å². The minimum absolute atomic E-state index is 0.0703. The molecule has 19 heavy (non-hydrogen) atoms. The number of hydrogen-bond donors (Lipinski definition) is 1. The smallest absolute Gasteiger partial charge is 0.258 e. The summed E-state index contributed by atoms with van der Waals surface area (Å²) in [6.45, 7) is 5.49. The molecule has 2 rings (SSSR count). The first kappa shape index (κ1) is 13.3. The molecule has 0 aliphatic carbocycles. The first-order chi connectivity index (χ1) is 8.99. The Bertz CT molecular complexity index is 635. The second kappa shape index (κ2) is 5.22. The first-order valence-electron chi connectivity index (χ1n) is 6.13. The van der Waals surface area contributed by atoms with E-state index in [2.05, 4.69) is 5.32 Å². The molecule has 0 bridgehead atoms. The SMILES string of the molecule is Cc1ccc(C)c(NC(=O)c2cccc(C)c2F)c1. The van der Waals surface area contributed by atoms with Gasteiger partial charge in [-0.1, -0.05) is 24.3 Å². The van der Waals surface area contributed by atoms with Crippen molar-refractivity contribution in [2.45, 2.75) is 20.8 Å². The van der Waals surface area contributed by atoms with Crippen molar-refractivity contribution in [3.05, 3.63) is 64.5 Å². The van der Waals surface area contributed by atoms with Gasteiger partial charge in [0.15, 0.2) is 0 Å². The summed E-state index contributed by atoms with van der Waals surface area (Å²) in [5.74, 6) is -0.889. The predicted octanol–water partition coefficient (Wildman–Crippen LogP) is 4.00. The van der Waals surface area contributed by atoms with Crippen molar-refractivity contribution in [3.63, 3.8) is 0 Å². The number of benzene rings is 2. The number of amides is 1. The Hall–Kier alpha value is -2.16. The molecule has 2 aromatic carbocycles. The Kier molecular flexibility index (Phi) is 3.65. The Morgan fingerprint density at radius 3 is 2.53 bits per heavy atom. The van der Waals surface area contributed by atoms with Gasteiger partial charge in [-0.05, 0) is 49.6 Å². The van der Waals surface area contributed by atoms with E-state index < -0.39 is 11.7 Å². The number of carbonyl (C=O) groups excluding carboxylic acids is 1. The molecule has 0 aliphatic rings. The predicted molar refractivity (Wildman–Crippen MR) is 75.0 cm³/mol. The molecule has 0 fully saturated rings. The zero-order chi connectivity index (χ0) is 14.0. The third kappa shape index (κ3) is 2.81. The molecule has 98 valence electrons. The van der Waals surface area contributed by atoms with E-state index in [4.69, 9.17) is 0 Å². The topological polar surface area (TPSA) is 29.1 Å². The van der Waals surface area contributed by atoms with Gasteiger partial charge in [0.2, 0.25) is 0 Å². The summed E-state index contributed by atoms with van der Waals surface area (Å²) in [7, 11) is 0. The fourth-order valence-corrected chi connectivity index (χ4v) is 1.88. The van der Waals surface area contributed by atoms with Crippen LogP contribution in [0.5, 0.6) is 0 Å². The van der Waals surface area contributed by atoms with E-state index in [0.717, 1.165) is 11.1 Å². The maximum absolute atomic E-state index is 13.9. The zero-order valence-corrected chi connectivity index (χ0v) is 11.3. The van der Waals surface area contributed by atoms with Crippen molar-refractivity contribution in [3.8, 4) is 0 Å². The second-order valence-corrected chi connectivity index (χ2v) is 4.71. The van der Waals surface area contributed by atoms with Gasteiger partial charge in [-0.15, -0.1) is 0 Å². The van der Waals surface area contributed by atoms with Gasteiger partial charge in [-0.3, -0.25) is 4.79 Å². The Morgan fingerprint density at radius 1 is 1.05 bits per heavy atom. The number of aryl methyl sites for hydroxylation is 3. The second-order valence-electron chi connectivity index (χ2n) is 4.71. The Balaban J connectivity index is 2.31. The van der Waals surface area contributed by atoms with Crippen molar-refractivity contribution in [1.29, 1.82) is 0 Å². The number of nitrogens with one attached hydrogen (secondary N) is 1. The van der Waals surface area contributed by atoms with E-state index in [9.17, 15) is 9.18 Å². The lowest BCUT2D eigenvalue weighted by molar-refractivity contribution is 0.102. The van der Waals surface area contributed by atoms with E-state index in [1.807, 2.05) is 32.0 Å². The van der Waals surface area contributed by atoms with Crippen molar-refractivity contribution in [2.75, 3.05) is 5.32 Å². The van der Waals surface area contributed by atoms with Crippen LogP contribution in [0.15, 0.2) is 36.4 Å². The van der Waals surface area contributed by atoms with Gasteiger partial charge < -0.3 is 5.32 Å². The van der Waals surface area contributed by atoms with Crippen molar-refractivity contribution in [2.24, 2.45) is 0 Å². The number of anilines is 1. The highest BCUT2D eigenvalue weighted by molar-refractivity contribution is 6.05. The molecular weight excluding hydrogens is 241 g/mol. The van der Waals surface area contributed by atoms with Gasteiger partial charge in [0, 0.05) is 5.69 Å². The lowest BCUT2D eigenvalue weighted by atomic mass is 10.1. The molecule has 0 unspecified atom stereocenters. The molecule has 2 aromatic rings. The Morgan fingerprint density at radius 2 is 1.79 bits per heavy atom. The number of carbonyl (C=O) groups is 1. The lowest BCUT2D eigenvalue weighted by Crippen LogP contribution is -2.15. The van der Waals surface area contributed by atoms with Crippen molar-refractivity contribution >= 4 is 11.6 Å². The van der Waals surface area contributed by atoms with Crippen LogP contribution in [0, 0.1) is 26.6 Å². The van der Waals surface area contributed by atoms with Crippen LogP contribution in [0.2, 0.25) is 0 Å². The summed E-state index contributed by atoms with van der Waals surface area (Å²) in [5.41, 5.74) is 3.25. The van der Waals surface area contributed by atoms with Crippen LogP contribution in [0.25, 0.3) is 0 Å². The van der Waals surface area contributed by atoms with Crippen LogP contribution >= 0.6 is 0 Å². The highest BCUT2D eigenvalue weighted by atomic mass is 19.1. The molecule has 0 saturated carbocycles. The summed E-state index contributed by atoms with van der Waals surface area (Å²) in [6, 6.07) is 10.6. The molecule has 2 nitrogen and oxygen atoms in total. The highest BCUT2D eigenvalue weighted by Crippen LogP contribution is 2.19. The molecule has 1 N–H and O–H groups in total. The summed E-state index contributed by atoms with van der Waals surface area (Å²) >= 11 is 0. The quantitative estimate of drug-likeness (QED) is 0.865. The van der Waals surface area contributed by atoms with Crippen LogP contribution in [-0.4, -0.2) is 5.91 Å². The molecule has 0 heterocycles. The van der Waals surface area contributed by atoms with E-state index >= 15 is 0 Å². The summed E-state index contributed by atoms with van der Waals surface area (Å²) in [4.78, 5) is 12.1. The minimum atomic E-state index is -0.467. The first-order valence-corrected chi connectivity index (χ1v) is 6.13. The van der Waals surface area contributed by atoms with Crippen molar-refractivity contribution in [1.82, 2.24) is 0 Å². The van der Waals surface area contributed by atoms with Gasteiger partial charge >= 0.3 is 0 Å². The van der Waals surface area contributed by atoms with Crippen LogP contribution in [-0.2, 0) is 0 Å². The standard InChI is InChI=1S/C16H16FNO/c1-10-7-8-11(2)14(9-10)18-16(19)13-6-4-5-12(3)15(13)17/h4-9H,1-3H3,(H,18,19). The average Bonchev–Trinajstić information content (AvgIpc) is 2.37. The molecule has 0 atom stereocenters. The fourth-order valence-electron chi connectivity index (χ4n) is 1.88. The molecule has 0 spiro atoms. The largest absolute Gasteiger partial charge is 0.322 e. The van der Waals surface area contributed by atoms with E-state index in [1.165, 1.54) is 6.07 Å². The third-order valence-corrected chi connectivity index (χ3v) is 3.08. The van der Waals surface area contributed by atoms with E-state index in [1.54, 1.807) is 19.1 Å². The van der Waals surface area contributed by atoms with Gasteiger partial charge in [-0.2, -0.15) is 0 Å². The van der Waals surface area contributed by atoms with Crippen LogP contribution in [0.3, 0.4) is 0 Å². The zero-order valence-electron chi connectivity index (χ0n) is 11.3. The minimum Gasteiger partial charge on any atom is -0.322 e.